The van der Waals surface area contributed by atoms with Crippen molar-refractivity contribution in [2.24, 2.45) is 0 Å². The Balaban J connectivity index is 1.95. The molecular weight excluding hydrogens is 201 g/mol. The van der Waals surface area contributed by atoms with Crippen LogP contribution < -0.4 is 5.32 Å². The molecule has 2 heteroatoms. The highest BCUT2D eigenvalue weighted by Crippen LogP contribution is 2.32. The largest absolute Gasteiger partial charge is 0.316 e. The summed E-state index contributed by atoms with van der Waals surface area (Å²) in [7, 11) is 0. The van der Waals surface area contributed by atoms with Gasteiger partial charge in [0.25, 0.3) is 0 Å². The summed E-state index contributed by atoms with van der Waals surface area (Å²) >= 11 is 0. The van der Waals surface area contributed by atoms with Crippen molar-refractivity contribution in [1.82, 2.24) is 5.32 Å². The van der Waals surface area contributed by atoms with Crippen LogP contribution in [-0.2, 0) is 12.8 Å². The molecule has 0 aromatic heterocycles. The van der Waals surface area contributed by atoms with E-state index in [2.05, 4.69) is 11.4 Å². The molecule has 1 aliphatic heterocycles. The second-order valence-electron chi connectivity index (χ2n) is 5.00. The van der Waals surface area contributed by atoms with Crippen LogP contribution in [0.2, 0.25) is 0 Å². The lowest BCUT2D eigenvalue weighted by Gasteiger charge is -2.24. The molecule has 86 valence electrons. The van der Waals surface area contributed by atoms with Crippen LogP contribution in [0.4, 0.5) is 4.39 Å². The third kappa shape index (κ3) is 1.65. The first-order chi connectivity index (χ1) is 7.86. The Labute approximate surface area is 96.1 Å². The van der Waals surface area contributed by atoms with Crippen molar-refractivity contribution in [3.05, 3.63) is 34.6 Å². The van der Waals surface area contributed by atoms with Gasteiger partial charge in [-0.25, -0.2) is 4.39 Å². The van der Waals surface area contributed by atoms with Crippen molar-refractivity contribution in [3.63, 3.8) is 0 Å². The Morgan fingerprint density at radius 1 is 1.19 bits per heavy atom. The lowest BCUT2D eigenvalue weighted by molar-refractivity contribution is 0.445. The van der Waals surface area contributed by atoms with E-state index in [1.54, 1.807) is 0 Å². The average Bonchev–Trinajstić information content (AvgIpc) is 2.80. The van der Waals surface area contributed by atoms with Crippen molar-refractivity contribution in [1.29, 1.82) is 0 Å². The summed E-state index contributed by atoms with van der Waals surface area (Å²) < 4.78 is 14.3. The number of benzene rings is 1. The van der Waals surface area contributed by atoms with Gasteiger partial charge in [-0.05, 0) is 61.3 Å². The van der Waals surface area contributed by atoms with Crippen LogP contribution in [0.3, 0.4) is 0 Å². The molecule has 0 amide bonds. The minimum Gasteiger partial charge on any atom is -0.316 e. The fourth-order valence-corrected chi connectivity index (χ4v) is 3.07. The molecule has 1 fully saturated rings. The molecule has 1 aromatic rings. The van der Waals surface area contributed by atoms with Gasteiger partial charge in [0.1, 0.15) is 5.82 Å². The van der Waals surface area contributed by atoms with Gasteiger partial charge in [-0.15, -0.1) is 0 Å². The van der Waals surface area contributed by atoms with E-state index < -0.39 is 0 Å². The molecule has 0 saturated carbocycles. The van der Waals surface area contributed by atoms with E-state index >= 15 is 0 Å². The fourth-order valence-electron chi connectivity index (χ4n) is 3.07. The smallest absolute Gasteiger partial charge is 0.130 e. The van der Waals surface area contributed by atoms with Gasteiger partial charge < -0.3 is 5.32 Å². The van der Waals surface area contributed by atoms with Crippen LogP contribution in [-0.4, -0.2) is 13.1 Å². The molecular formula is C14H18FN. The maximum atomic E-state index is 14.3. The molecule has 1 saturated heterocycles. The first-order valence-corrected chi connectivity index (χ1v) is 6.37. The Morgan fingerprint density at radius 3 is 2.94 bits per heavy atom. The highest BCUT2D eigenvalue weighted by molar-refractivity contribution is 5.38. The van der Waals surface area contributed by atoms with Crippen molar-refractivity contribution >= 4 is 0 Å². The molecule has 1 nitrogen and oxygen atoms in total. The zero-order valence-electron chi connectivity index (χ0n) is 9.56. The number of hydrogen-bond donors (Lipinski definition) is 1. The third-order valence-electron chi connectivity index (χ3n) is 3.98. The molecule has 1 heterocycles. The molecule has 0 bridgehead atoms. The van der Waals surface area contributed by atoms with Gasteiger partial charge in [-0.1, -0.05) is 12.1 Å². The fraction of sp³-hybridized carbons (Fsp3) is 0.571. The number of piperidine rings is 1. The highest BCUT2D eigenvalue weighted by Gasteiger charge is 2.23. The first kappa shape index (κ1) is 10.3. The van der Waals surface area contributed by atoms with Crippen molar-refractivity contribution in [3.8, 4) is 0 Å². The van der Waals surface area contributed by atoms with E-state index in [9.17, 15) is 4.39 Å². The monoisotopic (exact) mass is 219 g/mol. The van der Waals surface area contributed by atoms with E-state index in [1.165, 1.54) is 12.0 Å². The molecule has 1 aromatic carbocycles. The van der Waals surface area contributed by atoms with Crippen LogP contribution in [0.1, 0.15) is 41.9 Å². The van der Waals surface area contributed by atoms with Crippen LogP contribution >= 0.6 is 0 Å². The highest BCUT2D eigenvalue weighted by atomic mass is 19.1. The maximum Gasteiger partial charge on any atom is 0.130 e. The zero-order valence-corrected chi connectivity index (χ0v) is 9.56. The van der Waals surface area contributed by atoms with Gasteiger partial charge in [0.15, 0.2) is 0 Å². The molecule has 1 atom stereocenters. The number of aryl methyl sites for hydroxylation is 1. The molecule has 16 heavy (non-hydrogen) atoms. The Hall–Kier alpha value is -0.890. The summed E-state index contributed by atoms with van der Waals surface area (Å²) in [5, 5.41) is 3.36. The summed E-state index contributed by atoms with van der Waals surface area (Å²) in [6, 6.07) is 4.17. The molecule has 1 N–H and O–H groups in total. The quantitative estimate of drug-likeness (QED) is 0.766. The van der Waals surface area contributed by atoms with E-state index in [0.717, 1.165) is 49.9 Å². The molecule has 1 unspecified atom stereocenters. The van der Waals surface area contributed by atoms with Gasteiger partial charge in [-0.2, -0.15) is 0 Å². The molecule has 2 aliphatic rings. The van der Waals surface area contributed by atoms with Crippen LogP contribution in [0.5, 0.6) is 0 Å². The number of hydrogen-bond acceptors (Lipinski definition) is 1. The maximum absolute atomic E-state index is 14.3. The summed E-state index contributed by atoms with van der Waals surface area (Å²) in [5.74, 6) is 0.489. The summed E-state index contributed by atoms with van der Waals surface area (Å²) in [4.78, 5) is 0. The normalized spacial score (nSPS) is 24.4. The predicted octanol–water partition coefficient (Wildman–Crippen LogP) is 2.78. The van der Waals surface area contributed by atoms with Crippen molar-refractivity contribution in [2.75, 3.05) is 13.1 Å². The van der Waals surface area contributed by atoms with E-state index in [4.69, 9.17) is 0 Å². The molecule has 1 aliphatic carbocycles. The minimum absolute atomic E-state index is 0.101. The first-order valence-electron chi connectivity index (χ1n) is 6.37. The van der Waals surface area contributed by atoms with Crippen LogP contribution in [0.15, 0.2) is 12.1 Å². The van der Waals surface area contributed by atoms with Gasteiger partial charge >= 0.3 is 0 Å². The molecule has 0 radical (unpaired) electrons. The SMILES string of the molecule is Fc1c(C2CCCNC2)ccc2c1CCC2. The standard InChI is InChI=1S/C14H18FN/c15-14-12-5-1-3-10(12)6-7-13(14)11-4-2-8-16-9-11/h6-7,11,16H,1-5,8-9H2. The average molecular weight is 219 g/mol. The third-order valence-corrected chi connectivity index (χ3v) is 3.98. The second kappa shape index (κ2) is 4.17. The minimum atomic E-state index is 0.101. The second-order valence-corrected chi connectivity index (χ2v) is 5.00. The van der Waals surface area contributed by atoms with E-state index in [1.807, 2.05) is 6.07 Å². The Bertz CT molecular complexity index is 394. The van der Waals surface area contributed by atoms with E-state index in [-0.39, 0.29) is 5.82 Å². The lowest BCUT2D eigenvalue weighted by atomic mass is 9.89. The number of fused-ring (bicyclic) bond motifs is 1. The predicted molar refractivity (Wildman–Crippen MR) is 63.3 cm³/mol. The van der Waals surface area contributed by atoms with Gasteiger partial charge in [0.05, 0.1) is 0 Å². The summed E-state index contributed by atoms with van der Waals surface area (Å²) in [6.45, 7) is 2.03. The van der Waals surface area contributed by atoms with Crippen molar-refractivity contribution < 1.29 is 4.39 Å². The Morgan fingerprint density at radius 2 is 2.12 bits per heavy atom. The van der Waals surface area contributed by atoms with Crippen LogP contribution in [0, 0.1) is 5.82 Å². The lowest BCUT2D eigenvalue weighted by Crippen LogP contribution is -2.29. The number of halogens is 1. The van der Waals surface area contributed by atoms with E-state index in [0.29, 0.717) is 5.92 Å². The molecule has 3 rings (SSSR count). The number of nitrogens with one attached hydrogen (secondary N) is 1. The van der Waals surface area contributed by atoms with Gasteiger partial charge in [-0.3, -0.25) is 0 Å². The van der Waals surface area contributed by atoms with Gasteiger partial charge in [0.2, 0.25) is 0 Å². The summed E-state index contributed by atoms with van der Waals surface area (Å²) in [6.07, 6.45) is 5.42. The topological polar surface area (TPSA) is 12.0 Å². The van der Waals surface area contributed by atoms with Gasteiger partial charge in [0, 0.05) is 6.54 Å². The van der Waals surface area contributed by atoms with Crippen molar-refractivity contribution in [2.45, 2.75) is 38.0 Å². The van der Waals surface area contributed by atoms with Crippen LogP contribution in [0.25, 0.3) is 0 Å². The number of rotatable bonds is 1. The molecule has 0 spiro atoms. The summed E-state index contributed by atoms with van der Waals surface area (Å²) in [5.41, 5.74) is 3.20. The Kier molecular flexibility index (Phi) is 2.68. The zero-order chi connectivity index (χ0) is 11.0.